The second-order valence-corrected chi connectivity index (χ2v) is 11.9. The highest BCUT2D eigenvalue weighted by Gasteiger charge is 2.29. The Hall–Kier alpha value is -2.89. The number of aliphatic hydroxyl groups is 1. The first-order valence-corrected chi connectivity index (χ1v) is 14.9. The minimum atomic E-state index is -2.75. The highest BCUT2D eigenvalue weighted by molar-refractivity contribution is 5.78. The summed E-state index contributed by atoms with van der Waals surface area (Å²) in [7, 11) is 0. The van der Waals surface area contributed by atoms with Crippen molar-refractivity contribution >= 4 is 22.8 Å². The summed E-state index contributed by atoms with van der Waals surface area (Å²) < 4.78 is 35.3. The van der Waals surface area contributed by atoms with Gasteiger partial charge in [-0.2, -0.15) is 9.97 Å². The number of aromatic nitrogens is 4. The van der Waals surface area contributed by atoms with Crippen molar-refractivity contribution in [2.24, 2.45) is 5.92 Å². The molecule has 2 N–H and O–H groups in total. The second-order valence-electron chi connectivity index (χ2n) is 11.9. The molecule has 11 heteroatoms. The van der Waals surface area contributed by atoms with Crippen molar-refractivity contribution in [2.75, 3.05) is 56.2 Å². The van der Waals surface area contributed by atoms with Crippen LogP contribution in [-0.4, -0.2) is 87.1 Å². The first-order valence-electron chi connectivity index (χ1n) is 14.9. The van der Waals surface area contributed by atoms with Crippen molar-refractivity contribution in [3.05, 3.63) is 36.2 Å². The highest BCUT2D eigenvalue weighted by atomic mass is 19.3. The maximum atomic E-state index is 14.1. The zero-order valence-corrected chi connectivity index (χ0v) is 24.4. The molecule has 3 aromatic rings. The van der Waals surface area contributed by atoms with Gasteiger partial charge in [0.15, 0.2) is 5.82 Å². The summed E-state index contributed by atoms with van der Waals surface area (Å²) >= 11 is 0. The Bertz CT molecular complexity index is 1280. The fourth-order valence-electron chi connectivity index (χ4n) is 6.13. The van der Waals surface area contributed by atoms with Gasteiger partial charge in [-0.1, -0.05) is 19.1 Å². The van der Waals surface area contributed by atoms with E-state index in [-0.39, 0.29) is 5.82 Å². The van der Waals surface area contributed by atoms with Gasteiger partial charge in [-0.25, -0.2) is 13.8 Å². The molecule has 1 aliphatic carbocycles. The molecular formula is C30H43F2N7O2. The van der Waals surface area contributed by atoms with Crippen molar-refractivity contribution in [3.63, 3.8) is 0 Å². The third-order valence-corrected chi connectivity index (χ3v) is 8.03. The average molecular weight is 572 g/mol. The highest BCUT2D eigenvalue weighted by Crippen LogP contribution is 2.31. The molecule has 1 saturated carbocycles. The number of fused-ring (bicyclic) bond motifs is 1. The van der Waals surface area contributed by atoms with Crippen LogP contribution in [0.4, 0.5) is 20.5 Å². The van der Waals surface area contributed by atoms with Crippen LogP contribution in [0.1, 0.15) is 65.1 Å². The van der Waals surface area contributed by atoms with Crippen LogP contribution in [0, 0.1) is 5.92 Å². The van der Waals surface area contributed by atoms with E-state index in [0.717, 1.165) is 38.6 Å². The van der Waals surface area contributed by atoms with Gasteiger partial charge in [-0.05, 0) is 70.5 Å². The van der Waals surface area contributed by atoms with E-state index >= 15 is 0 Å². The molecular weight excluding hydrogens is 528 g/mol. The zero-order valence-electron chi connectivity index (χ0n) is 24.4. The van der Waals surface area contributed by atoms with Crippen LogP contribution in [-0.2, 0) is 4.74 Å². The fraction of sp³-hybridized carbons (Fsp3) is 0.633. The van der Waals surface area contributed by atoms with Gasteiger partial charge in [-0.15, -0.1) is 0 Å². The molecule has 1 aromatic carbocycles. The number of ether oxygens (including phenoxy) is 1. The molecule has 0 spiro atoms. The summed E-state index contributed by atoms with van der Waals surface area (Å²) in [6.45, 7) is 10.8. The Labute approximate surface area is 240 Å². The maximum Gasteiger partial charge on any atom is 0.296 e. The Morgan fingerprint density at radius 2 is 1.78 bits per heavy atom. The molecule has 2 aliphatic rings. The Morgan fingerprint density at radius 3 is 2.46 bits per heavy atom. The van der Waals surface area contributed by atoms with Gasteiger partial charge in [0, 0.05) is 38.3 Å². The number of benzene rings is 1. The van der Waals surface area contributed by atoms with E-state index in [2.05, 4.69) is 27.0 Å². The molecule has 0 bridgehead atoms. The minimum absolute atomic E-state index is 0.329. The number of hydrogen-bond acceptors (Lipinski definition) is 8. The topological polar surface area (TPSA) is 91.6 Å². The molecule has 2 aromatic heterocycles. The monoisotopic (exact) mass is 571 g/mol. The Morgan fingerprint density at radius 1 is 1.07 bits per heavy atom. The smallest absolute Gasteiger partial charge is 0.296 e. The lowest BCUT2D eigenvalue weighted by atomic mass is 9.84. The molecule has 1 saturated heterocycles. The standard InChI is InChI=1S/C30H43F2N7O2/c1-4-13-38(20-30(2,3)40)22-11-9-21(10-12-22)19-33-29-35-25(37-14-16-41-17-15-37)18-26(36-29)39-24-8-6-5-7-23(24)34-28(39)27(31)32/h5-8,18,21-22,27,40H,4,9-17,19-20H2,1-3H3,(H,33,35,36). The van der Waals surface area contributed by atoms with Crippen molar-refractivity contribution < 1.29 is 18.6 Å². The number of rotatable bonds is 11. The Balaban J connectivity index is 1.35. The first-order chi connectivity index (χ1) is 19.7. The van der Waals surface area contributed by atoms with Crippen LogP contribution >= 0.6 is 0 Å². The van der Waals surface area contributed by atoms with Crippen LogP contribution in [0.5, 0.6) is 0 Å². The third kappa shape index (κ3) is 7.31. The summed E-state index contributed by atoms with van der Waals surface area (Å²) in [5.74, 6) is 1.62. The van der Waals surface area contributed by atoms with E-state index in [4.69, 9.17) is 14.7 Å². The summed E-state index contributed by atoms with van der Waals surface area (Å²) in [5.41, 5.74) is 0.377. The van der Waals surface area contributed by atoms with Crippen molar-refractivity contribution in [3.8, 4) is 5.82 Å². The number of imidazole rings is 1. The molecule has 1 aliphatic heterocycles. The second kappa shape index (κ2) is 13.0. The van der Waals surface area contributed by atoms with Crippen molar-refractivity contribution in [1.82, 2.24) is 24.4 Å². The van der Waals surface area contributed by atoms with Crippen molar-refractivity contribution in [1.29, 1.82) is 0 Å². The predicted molar refractivity (Wildman–Crippen MR) is 157 cm³/mol. The quantitative estimate of drug-likeness (QED) is 0.331. The molecule has 5 rings (SSSR count). The zero-order chi connectivity index (χ0) is 29.0. The molecule has 0 unspecified atom stereocenters. The van der Waals surface area contributed by atoms with Gasteiger partial charge >= 0.3 is 0 Å². The summed E-state index contributed by atoms with van der Waals surface area (Å²) in [5, 5.41) is 13.8. The van der Waals surface area contributed by atoms with E-state index in [9.17, 15) is 13.9 Å². The third-order valence-electron chi connectivity index (χ3n) is 8.03. The van der Waals surface area contributed by atoms with E-state index in [1.807, 2.05) is 19.9 Å². The molecule has 224 valence electrons. The van der Waals surface area contributed by atoms with Crippen LogP contribution in [0.3, 0.4) is 0 Å². The lowest BCUT2D eigenvalue weighted by molar-refractivity contribution is 0.0111. The van der Waals surface area contributed by atoms with Gasteiger partial charge < -0.3 is 20.1 Å². The maximum absolute atomic E-state index is 14.1. The van der Waals surface area contributed by atoms with Crippen LogP contribution in [0.25, 0.3) is 16.9 Å². The van der Waals surface area contributed by atoms with Gasteiger partial charge in [0.05, 0.1) is 29.8 Å². The molecule has 0 atom stereocenters. The summed E-state index contributed by atoms with van der Waals surface area (Å²) in [4.78, 5) is 18.3. The van der Waals surface area contributed by atoms with Crippen LogP contribution in [0.15, 0.2) is 30.3 Å². The van der Waals surface area contributed by atoms with E-state index < -0.39 is 12.0 Å². The molecule has 0 radical (unpaired) electrons. The van der Waals surface area contributed by atoms with Gasteiger partial charge in [0.2, 0.25) is 5.95 Å². The number of nitrogens with one attached hydrogen (secondary N) is 1. The molecule has 41 heavy (non-hydrogen) atoms. The number of hydrogen-bond donors (Lipinski definition) is 2. The number of nitrogens with zero attached hydrogens (tertiary/aromatic N) is 6. The lowest BCUT2D eigenvalue weighted by Crippen LogP contribution is -2.46. The number of halogens is 2. The van der Waals surface area contributed by atoms with E-state index in [1.165, 1.54) is 4.57 Å². The SMILES string of the molecule is CCCN(CC(C)(C)O)C1CCC(CNc2nc(N3CCOCC3)cc(-n3c(C(F)F)nc4ccccc43)n2)CC1. The number of morpholine rings is 1. The predicted octanol–water partition coefficient (Wildman–Crippen LogP) is 5.04. The normalized spacial score (nSPS) is 20.3. The summed E-state index contributed by atoms with van der Waals surface area (Å²) in [6, 6.07) is 9.39. The first kappa shape index (κ1) is 29.6. The number of anilines is 2. The van der Waals surface area contributed by atoms with Crippen molar-refractivity contribution in [2.45, 2.75) is 70.9 Å². The fourth-order valence-corrected chi connectivity index (χ4v) is 6.13. The Kier molecular flexibility index (Phi) is 9.35. The molecule has 0 amide bonds. The van der Waals surface area contributed by atoms with Crippen LogP contribution in [0.2, 0.25) is 0 Å². The number of alkyl halides is 2. The minimum Gasteiger partial charge on any atom is -0.389 e. The average Bonchev–Trinajstić information content (AvgIpc) is 3.36. The van der Waals surface area contributed by atoms with E-state index in [1.54, 1.807) is 24.3 Å². The lowest BCUT2D eigenvalue weighted by Gasteiger charge is -2.39. The number of para-hydroxylation sites is 2. The molecule has 9 nitrogen and oxygen atoms in total. The summed E-state index contributed by atoms with van der Waals surface area (Å²) in [6.07, 6.45) is 2.63. The largest absolute Gasteiger partial charge is 0.389 e. The van der Waals surface area contributed by atoms with E-state index in [0.29, 0.717) is 80.0 Å². The van der Waals surface area contributed by atoms with Gasteiger partial charge in [0.25, 0.3) is 6.43 Å². The van der Waals surface area contributed by atoms with Gasteiger partial charge in [-0.3, -0.25) is 9.47 Å². The molecule has 2 fully saturated rings. The van der Waals surface area contributed by atoms with Crippen LogP contribution < -0.4 is 10.2 Å². The van der Waals surface area contributed by atoms with Gasteiger partial charge in [0.1, 0.15) is 11.6 Å². The molecule has 3 heterocycles.